The molecular formula is C12H17N3OS. The Morgan fingerprint density at radius 1 is 1.35 bits per heavy atom. The summed E-state index contributed by atoms with van der Waals surface area (Å²) >= 11 is 5.12. The summed E-state index contributed by atoms with van der Waals surface area (Å²) < 4.78 is 0. The predicted octanol–water partition coefficient (Wildman–Crippen LogP) is 2.26. The third-order valence-corrected chi connectivity index (χ3v) is 2.39. The van der Waals surface area contributed by atoms with Crippen molar-refractivity contribution >= 4 is 34.6 Å². The van der Waals surface area contributed by atoms with Gasteiger partial charge in [-0.25, -0.2) is 0 Å². The number of amides is 1. The van der Waals surface area contributed by atoms with E-state index >= 15 is 0 Å². The summed E-state index contributed by atoms with van der Waals surface area (Å²) in [6.07, 6.45) is 0. The van der Waals surface area contributed by atoms with E-state index in [1.54, 1.807) is 0 Å². The molecule has 0 saturated heterocycles. The van der Waals surface area contributed by atoms with E-state index in [1.807, 2.05) is 32.0 Å². The maximum Gasteiger partial charge on any atom is 0.221 e. The predicted molar refractivity (Wildman–Crippen MR) is 75.4 cm³/mol. The first kappa shape index (κ1) is 13.4. The zero-order valence-electron chi connectivity index (χ0n) is 10.3. The SMILES string of the molecule is CCNC(=S)Nc1cc(NC(C)=O)ccc1C. The number of carbonyl (C=O) groups is 1. The van der Waals surface area contributed by atoms with Gasteiger partial charge in [0, 0.05) is 24.8 Å². The van der Waals surface area contributed by atoms with Crippen LogP contribution in [0.15, 0.2) is 18.2 Å². The van der Waals surface area contributed by atoms with Gasteiger partial charge in [0.25, 0.3) is 0 Å². The molecule has 0 aliphatic rings. The Hall–Kier alpha value is -1.62. The Labute approximate surface area is 107 Å². The number of nitrogens with one attached hydrogen (secondary N) is 3. The summed E-state index contributed by atoms with van der Waals surface area (Å²) in [6, 6.07) is 5.65. The van der Waals surface area contributed by atoms with Crippen LogP contribution in [-0.2, 0) is 4.79 Å². The Kier molecular flexibility index (Phi) is 4.90. The molecule has 0 fully saturated rings. The lowest BCUT2D eigenvalue weighted by atomic mass is 10.2. The number of anilines is 2. The van der Waals surface area contributed by atoms with Crippen molar-refractivity contribution in [1.82, 2.24) is 5.32 Å². The number of hydrogen-bond donors (Lipinski definition) is 3. The van der Waals surface area contributed by atoms with Gasteiger partial charge in [-0.05, 0) is 43.8 Å². The van der Waals surface area contributed by atoms with Crippen molar-refractivity contribution in [3.05, 3.63) is 23.8 Å². The van der Waals surface area contributed by atoms with E-state index in [-0.39, 0.29) is 5.91 Å². The quantitative estimate of drug-likeness (QED) is 0.721. The number of benzene rings is 1. The average molecular weight is 251 g/mol. The van der Waals surface area contributed by atoms with Crippen molar-refractivity contribution in [3.63, 3.8) is 0 Å². The van der Waals surface area contributed by atoms with Gasteiger partial charge in [-0.15, -0.1) is 0 Å². The van der Waals surface area contributed by atoms with Crippen molar-refractivity contribution in [1.29, 1.82) is 0 Å². The minimum atomic E-state index is -0.0888. The molecule has 0 aliphatic carbocycles. The maximum absolute atomic E-state index is 11.0. The van der Waals surface area contributed by atoms with E-state index in [9.17, 15) is 4.79 Å². The standard InChI is InChI=1S/C12H17N3OS/c1-4-13-12(17)15-11-7-10(14-9(3)16)6-5-8(11)2/h5-7H,4H2,1-3H3,(H,14,16)(H2,13,15,17). The third kappa shape index (κ3) is 4.40. The molecule has 0 unspecified atom stereocenters. The van der Waals surface area contributed by atoms with E-state index < -0.39 is 0 Å². The average Bonchev–Trinajstić information content (AvgIpc) is 2.22. The molecule has 0 saturated carbocycles. The van der Waals surface area contributed by atoms with E-state index in [1.165, 1.54) is 6.92 Å². The van der Waals surface area contributed by atoms with Gasteiger partial charge in [0.15, 0.2) is 5.11 Å². The van der Waals surface area contributed by atoms with Crippen LogP contribution in [-0.4, -0.2) is 17.6 Å². The molecule has 0 heterocycles. The highest BCUT2D eigenvalue weighted by Gasteiger charge is 2.03. The first-order valence-electron chi connectivity index (χ1n) is 5.46. The number of aryl methyl sites for hydroxylation is 1. The molecule has 1 rings (SSSR count). The summed E-state index contributed by atoms with van der Waals surface area (Å²) in [5.41, 5.74) is 2.71. The molecule has 1 aromatic carbocycles. The molecule has 0 spiro atoms. The van der Waals surface area contributed by atoms with Crippen molar-refractivity contribution in [2.24, 2.45) is 0 Å². The molecule has 3 N–H and O–H groups in total. The molecule has 0 atom stereocenters. The van der Waals surface area contributed by atoms with Gasteiger partial charge < -0.3 is 16.0 Å². The number of hydrogen-bond acceptors (Lipinski definition) is 2. The molecule has 0 aromatic heterocycles. The Balaban J connectivity index is 2.83. The topological polar surface area (TPSA) is 53.2 Å². The van der Waals surface area contributed by atoms with Crippen LogP contribution in [0, 0.1) is 6.92 Å². The lowest BCUT2D eigenvalue weighted by molar-refractivity contribution is -0.114. The van der Waals surface area contributed by atoms with Gasteiger partial charge in [0.2, 0.25) is 5.91 Å². The smallest absolute Gasteiger partial charge is 0.221 e. The molecule has 0 aliphatic heterocycles. The van der Waals surface area contributed by atoms with Crippen LogP contribution in [0.1, 0.15) is 19.4 Å². The van der Waals surface area contributed by atoms with Crippen LogP contribution in [0.25, 0.3) is 0 Å². The molecular weight excluding hydrogens is 234 g/mol. The first-order chi connectivity index (χ1) is 8.02. The zero-order chi connectivity index (χ0) is 12.8. The van der Waals surface area contributed by atoms with E-state index in [2.05, 4.69) is 16.0 Å². The highest BCUT2D eigenvalue weighted by molar-refractivity contribution is 7.80. The molecule has 4 nitrogen and oxygen atoms in total. The molecule has 1 aromatic rings. The molecule has 92 valence electrons. The molecule has 5 heteroatoms. The van der Waals surface area contributed by atoms with Crippen molar-refractivity contribution in [2.75, 3.05) is 17.2 Å². The number of thiocarbonyl (C=S) groups is 1. The summed E-state index contributed by atoms with van der Waals surface area (Å²) in [7, 11) is 0. The van der Waals surface area contributed by atoms with Gasteiger partial charge in [0.05, 0.1) is 0 Å². The Bertz CT molecular complexity index is 432. The van der Waals surface area contributed by atoms with Crippen molar-refractivity contribution in [3.8, 4) is 0 Å². The highest BCUT2D eigenvalue weighted by atomic mass is 32.1. The zero-order valence-corrected chi connectivity index (χ0v) is 11.1. The fourth-order valence-corrected chi connectivity index (χ4v) is 1.62. The number of carbonyl (C=O) groups excluding carboxylic acids is 1. The minimum absolute atomic E-state index is 0.0888. The fourth-order valence-electron chi connectivity index (χ4n) is 1.36. The lowest BCUT2D eigenvalue weighted by Gasteiger charge is -2.13. The van der Waals surface area contributed by atoms with Crippen LogP contribution in [0.5, 0.6) is 0 Å². The Morgan fingerprint density at radius 3 is 2.65 bits per heavy atom. The first-order valence-corrected chi connectivity index (χ1v) is 5.87. The summed E-state index contributed by atoms with van der Waals surface area (Å²) in [4.78, 5) is 11.0. The van der Waals surface area contributed by atoms with Gasteiger partial charge in [-0.3, -0.25) is 4.79 Å². The van der Waals surface area contributed by atoms with Gasteiger partial charge in [-0.1, -0.05) is 6.07 Å². The van der Waals surface area contributed by atoms with E-state index in [4.69, 9.17) is 12.2 Å². The third-order valence-electron chi connectivity index (χ3n) is 2.14. The van der Waals surface area contributed by atoms with Crippen LogP contribution < -0.4 is 16.0 Å². The molecule has 1 amide bonds. The molecule has 17 heavy (non-hydrogen) atoms. The maximum atomic E-state index is 11.0. The van der Waals surface area contributed by atoms with Gasteiger partial charge in [0.1, 0.15) is 0 Å². The van der Waals surface area contributed by atoms with Crippen LogP contribution in [0.3, 0.4) is 0 Å². The monoisotopic (exact) mass is 251 g/mol. The second-order valence-electron chi connectivity index (χ2n) is 3.70. The lowest BCUT2D eigenvalue weighted by Crippen LogP contribution is -2.28. The second-order valence-corrected chi connectivity index (χ2v) is 4.10. The number of rotatable bonds is 3. The van der Waals surface area contributed by atoms with E-state index in [0.717, 1.165) is 23.5 Å². The summed E-state index contributed by atoms with van der Waals surface area (Å²) in [5.74, 6) is -0.0888. The van der Waals surface area contributed by atoms with E-state index in [0.29, 0.717) is 5.11 Å². The van der Waals surface area contributed by atoms with Crippen LogP contribution >= 0.6 is 12.2 Å². The summed E-state index contributed by atoms with van der Waals surface area (Å²) in [5, 5.41) is 9.42. The normalized spacial score (nSPS) is 9.59. The second kappa shape index (κ2) is 6.20. The van der Waals surface area contributed by atoms with Gasteiger partial charge >= 0.3 is 0 Å². The Morgan fingerprint density at radius 2 is 2.06 bits per heavy atom. The molecule has 0 radical (unpaired) electrons. The fraction of sp³-hybridized carbons (Fsp3) is 0.333. The van der Waals surface area contributed by atoms with Crippen LogP contribution in [0.2, 0.25) is 0 Å². The van der Waals surface area contributed by atoms with Crippen LogP contribution in [0.4, 0.5) is 11.4 Å². The van der Waals surface area contributed by atoms with Gasteiger partial charge in [-0.2, -0.15) is 0 Å². The van der Waals surface area contributed by atoms with Crippen molar-refractivity contribution in [2.45, 2.75) is 20.8 Å². The minimum Gasteiger partial charge on any atom is -0.363 e. The van der Waals surface area contributed by atoms with Crippen molar-refractivity contribution < 1.29 is 4.79 Å². The largest absolute Gasteiger partial charge is 0.363 e. The summed E-state index contributed by atoms with van der Waals surface area (Å²) in [6.45, 7) is 6.22. The highest BCUT2D eigenvalue weighted by Crippen LogP contribution is 2.20. The molecule has 0 bridgehead atoms.